The molecular weight excluding hydrogens is 150 g/mol. The monoisotopic (exact) mass is 159 g/mol. The Morgan fingerprint density at radius 2 is 1.60 bits per heavy atom. The van der Waals surface area contributed by atoms with E-state index in [0.717, 1.165) is 0 Å². The Balaban J connectivity index is 4.10. The van der Waals surface area contributed by atoms with Gasteiger partial charge in [-0.3, -0.25) is 0 Å². The molecule has 1 N–H and O–H groups in total. The van der Waals surface area contributed by atoms with Crippen LogP contribution < -0.4 is 5.32 Å². The lowest BCUT2D eigenvalue weighted by Gasteiger charge is -2.22. The molecule has 0 unspecified atom stereocenters. The average Bonchev–Trinajstić information content (AvgIpc) is 1.61. The van der Waals surface area contributed by atoms with Gasteiger partial charge in [-0.2, -0.15) is 8.78 Å². The maximum absolute atomic E-state index is 12.1. The van der Waals surface area contributed by atoms with E-state index in [1.807, 2.05) is 5.32 Å². The number of hydrogen-bond donors (Lipinski definition) is 1. The van der Waals surface area contributed by atoms with E-state index in [2.05, 4.69) is 0 Å². The van der Waals surface area contributed by atoms with Crippen molar-refractivity contribution in [1.82, 2.24) is 5.32 Å². The predicted octanol–water partition coefficient (Wildman–Crippen LogP) is 1.50. The highest BCUT2D eigenvalue weighted by Crippen LogP contribution is 2.32. The summed E-state index contributed by atoms with van der Waals surface area (Å²) in [6.45, 7) is -0.805. The molecule has 0 saturated heterocycles. The summed E-state index contributed by atoms with van der Waals surface area (Å²) in [6, 6.07) is 0. The summed E-state index contributed by atoms with van der Waals surface area (Å²) < 4.78 is 48.0. The molecule has 0 aliphatic carbocycles. The standard InChI is InChI=1S/C5H9F4N/c1-4(6,7)5(8,9)3-10-2/h10H,3H2,1-2H3. The van der Waals surface area contributed by atoms with Crippen LogP contribution in [0.1, 0.15) is 6.92 Å². The lowest BCUT2D eigenvalue weighted by atomic mass is 10.2. The first-order chi connectivity index (χ1) is 4.31. The molecule has 0 fully saturated rings. The Kier molecular flexibility index (Phi) is 2.65. The van der Waals surface area contributed by atoms with Crippen molar-refractivity contribution in [3.8, 4) is 0 Å². The number of halogens is 4. The fourth-order valence-corrected chi connectivity index (χ4v) is 0.377. The maximum atomic E-state index is 12.1. The number of hydrogen-bond acceptors (Lipinski definition) is 1. The molecule has 5 heteroatoms. The molecule has 1 nitrogen and oxygen atoms in total. The molecule has 0 spiro atoms. The second-order valence-corrected chi connectivity index (χ2v) is 2.12. The normalized spacial score (nSPS) is 13.8. The van der Waals surface area contributed by atoms with Crippen LogP contribution in [0.5, 0.6) is 0 Å². The van der Waals surface area contributed by atoms with Crippen molar-refractivity contribution in [2.75, 3.05) is 13.6 Å². The third-order valence-corrected chi connectivity index (χ3v) is 1.04. The van der Waals surface area contributed by atoms with E-state index < -0.39 is 18.4 Å². The molecule has 0 bridgehead atoms. The van der Waals surface area contributed by atoms with Crippen LogP contribution in [0.15, 0.2) is 0 Å². The Labute approximate surface area is 56.4 Å². The third-order valence-electron chi connectivity index (χ3n) is 1.04. The van der Waals surface area contributed by atoms with Crippen LogP contribution in [0.2, 0.25) is 0 Å². The van der Waals surface area contributed by atoms with Gasteiger partial charge in [-0.1, -0.05) is 0 Å². The Morgan fingerprint density at radius 1 is 1.20 bits per heavy atom. The summed E-state index contributed by atoms with van der Waals surface area (Å²) in [5, 5.41) is 1.98. The minimum atomic E-state index is -3.96. The highest BCUT2D eigenvalue weighted by Gasteiger charge is 2.51. The molecule has 62 valence electrons. The first-order valence-electron chi connectivity index (χ1n) is 2.71. The van der Waals surface area contributed by atoms with Gasteiger partial charge in [-0.15, -0.1) is 0 Å². The highest BCUT2D eigenvalue weighted by atomic mass is 19.3. The molecule has 0 saturated carbocycles. The van der Waals surface area contributed by atoms with Crippen molar-refractivity contribution < 1.29 is 17.6 Å². The van der Waals surface area contributed by atoms with Gasteiger partial charge < -0.3 is 5.32 Å². The molecule has 0 aliphatic heterocycles. The van der Waals surface area contributed by atoms with Crippen LogP contribution in [0.4, 0.5) is 17.6 Å². The summed E-state index contributed by atoms with van der Waals surface area (Å²) in [5.74, 6) is -7.90. The highest BCUT2D eigenvalue weighted by molar-refractivity contribution is 4.81. The van der Waals surface area contributed by atoms with Crippen molar-refractivity contribution >= 4 is 0 Å². The lowest BCUT2D eigenvalue weighted by Crippen LogP contribution is -2.45. The lowest BCUT2D eigenvalue weighted by molar-refractivity contribution is -0.193. The minimum Gasteiger partial charge on any atom is -0.314 e. The van der Waals surface area contributed by atoms with Crippen LogP contribution in [0, 0.1) is 0 Å². The number of alkyl halides is 4. The zero-order valence-corrected chi connectivity index (χ0v) is 5.72. The average molecular weight is 159 g/mol. The Morgan fingerprint density at radius 3 is 1.70 bits per heavy atom. The second kappa shape index (κ2) is 2.74. The molecule has 0 atom stereocenters. The van der Waals surface area contributed by atoms with E-state index in [-0.39, 0.29) is 6.92 Å². The fourth-order valence-electron chi connectivity index (χ4n) is 0.377. The van der Waals surface area contributed by atoms with Crippen LogP contribution in [-0.4, -0.2) is 25.4 Å². The number of rotatable bonds is 3. The van der Waals surface area contributed by atoms with E-state index in [4.69, 9.17) is 0 Å². The van der Waals surface area contributed by atoms with Gasteiger partial charge in [-0.25, -0.2) is 8.78 Å². The van der Waals surface area contributed by atoms with Gasteiger partial charge in [0.05, 0.1) is 6.54 Å². The first-order valence-corrected chi connectivity index (χ1v) is 2.71. The molecule has 0 radical (unpaired) electrons. The summed E-state index contributed by atoms with van der Waals surface area (Å²) in [4.78, 5) is 0. The minimum absolute atomic E-state index is 0.199. The third kappa shape index (κ3) is 2.13. The molecule has 0 aromatic heterocycles. The molecule has 0 aliphatic rings. The Bertz CT molecular complexity index is 107. The zero-order valence-electron chi connectivity index (χ0n) is 5.72. The van der Waals surface area contributed by atoms with Crippen molar-refractivity contribution in [3.63, 3.8) is 0 Å². The molecule has 0 heterocycles. The molecule has 0 aromatic rings. The summed E-state index contributed by atoms with van der Waals surface area (Å²) in [7, 11) is 1.19. The van der Waals surface area contributed by atoms with Gasteiger partial charge in [0.25, 0.3) is 0 Å². The van der Waals surface area contributed by atoms with Gasteiger partial charge in [0.1, 0.15) is 0 Å². The van der Waals surface area contributed by atoms with Gasteiger partial charge in [0.15, 0.2) is 0 Å². The smallest absolute Gasteiger partial charge is 0.314 e. The topological polar surface area (TPSA) is 12.0 Å². The predicted molar refractivity (Wildman–Crippen MR) is 29.5 cm³/mol. The van der Waals surface area contributed by atoms with Crippen molar-refractivity contribution in [1.29, 1.82) is 0 Å². The number of nitrogens with one attached hydrogen (secondary N) is 1. The molecule has 0 rings (SSSR count). The zero-order chi connectivity index (χ0) is 8.41. The molecule has 0 amide bonds. The maximum Gasteiger partial charge on any atom is 0.321 e. The fraction of sp³-hybridized carbons (Fsp3) is 1.00. The molecular formula is C5H9F4N. The van der Waals surface area contributed by atoms with Gasteiger partial charge in [0, 0.05) is 6.92 Å². The van der Waals surface area contributed by atoms with E-state index in [1.54, 1.807) is 0 Å². The van der Waals surface area contributed by atoms with Gasteiger partial charge >= 0.3 is 11.8 Å². The van der Waals surface area contributed by atoms with E-state index in [0.29, 0.717) is 0 Å². The van der Waals surface area contributed by atoms with Gasteiger partial charge in [0.2, 0.25) is 0 Å². The van der Waals surface area contributed by atoms with Crippen LogP contribution in [0.3, 0.4) is 0 Å². The van der Waals surface area contributed by atoms with Crippen molar-refractivity contribution in [2.45, 2.75) is 18.8 Å². The van der Waals surface area contributed by atoms with E-state index in [1.165, 1.54) is 7.05 Å². The van der Waals surface area contributed by atoms with Crippen LogP contribution in [0.25, 0.3) is 0 Å². The quantitative estimate of drug-likeness (QED) is 0.615. The van der Waals surface area contributed by atoms with Crippen LogP contribution >= 0.6 is 0 Å². The summed E-state index contributed by atoms with van der Waals surface area (Å²) in [5.41, 5.74) is 0. The summed E-state index contributed by atoms with van der Waals surface area (Å²) in [6.07, 6.45) is 0. The first kappa shape index (κ1) is 9.68. The largest absolute Gasteiger partial charge is 0.321 e. The van der Waals surface area contributed by atoms with Crippen molar-refractivity contribution in [2.24, 2.45) is 0 Å². The van der Waals surface area contributed by atoms with Gasteiger partial charge in [-0.05, 0) is 7.05 Å². The van der Waals surface area contributed by atoms with E-state index >= 15 is 0 Å². The second-order valence-electron chi connectivity index (χ2n) is 2.12. The van der Waals surface area contributed by atoms with Crippen molar-refractivity contribution in [3.05, 3.63) is 0 Å². The molecule has 0 aromatic carbocycles. The van der Waals surface area contributed by atoms with E-state index in [9.17, 15) is 17.6 Å². The molecule has 10 heavy (non-hydrogen) atoms. The Hall–Kier alpha value is -0.320. The van der Waals surface area contributed by atoms with Crippen LogP contribution in [-0.2, 0) is 0 Å². The summed E-state index contributed by atoms with van der Waals surface area (Å²) >= 11 is 0. The SMILES string of the molecule is CNCC(F)(F)C(C)(F)F.